The van der Waals surface area contributed by atoms with Crippen LogP contribution in [0.5, 0.6) is 0 Å². The number of hydrogen-bond donors (Lipinski definition) is 0. The monoisotopic (exact) mass is 949 g/mol. The van der Waals surface area contributed by atoms with Crippen LogP contribution in [0.4, 0.5) is 17.1 Å². The molecule has 0 bridgehead atoms. The third-order valence-corrected chi connectivity index (χ3v) is 15.5. The maximum absolute atomic E-state index is 5.04. The Hall–Kier alpha value is -9.32. The van der Waals surface area contributed by atoms with Crippen molar-refractivity contribution in [1.29, 1.82) is 0 Å². The summed E-state index contributed by atoms with van der Waals surface area (Å²) in [6.45, 7) is 8.59. The first-order chi connectivity index (χ1) is 36.3. The highest BCUT2D eigenvalue weighted by Crippen LogP contribution is 2.59. The molecule has 13 aromatic rings. The van der Waals surface area contributed by atoms with Crippen molar-refractivity contribution >= 4 is 60.7 Å². The van der Waals surface area contributed by atoms with Crippen LogP contribution in [0.25, 0.3) is 77.5 Å². The zero-order valence-electron chi connectivity index (χ0n) is 41.8. The molecule has 0 amide bonds. The number of fused-ring (bicyclic) bond motifs is 8. The van der Waals surface area contributed by atoms with E-state index in [9.17, 15) is 0 Å². The van der Waals surface area contributed by atoms with Crippen LogP contribution in [0.15, 0.2) is 237 Å². The van der Waals surface area contributed by atoms with E-state index in [1.165, 1.54) is 77.0 Å². The van der Waals surface area contributed by atoms with Gasteiger partial charge in [-0.3, -0.25) is 0 Å². The van der Waals surface area contributed by atoms with E-state index in [0.717, 1.165) is 62.3 Å². The molecule has 0 unspecified atom stereocenters. The average molecular weight is 950 g/mol. The Labute approximate surface area is 430 Å². The lowest BCUT2D eigenvalue weighted by Gasteiger charge is -2.47. The van der Waals surface area contributed by atoms with Crippen molar-refractivity contribution in [3.05, 3.63) is 281 Å². The maximum atomic E-state index is 5.04. The molecular weight excluding hydrogens is 899 g/mol. The molecule has 10 aromatic carbocycles. The first kappa shape index (κ1) is 43.5. The van der Waals surface area contributed by atoms with Crippen molar-refractivity contribution in [3.63, 3.8) is 0 Å². The van der Waals surface area contributed by atoms with E-state index in [0.29, 0.717) is 0 Å². The summed E-state index contributed by atoms with van der Waals surface area (Å²) in [6, 6.07) is 87.4. The Bertz CT molecular complexity index is 4130. The van der Waals surface area contributed by atoms with Gasteiger partial charge in [-0.05, 0) is 135 Å². The van der Waals surface area contributed by atoms with Gasteiger partial charge in [0.25, 0.3) is 0 Å². The van der Waals surface area contributed by atoms with E-state index < -0.39 is 5.41 Å². The third-order valence-electron chi connectivity index (χ3n) is 15.5. The van der Waals surface area contributed by atoms with Crippen LogP contribution < -0.4 is 4.90 Å². The maximum Gasteiger partial charge on any atom is 0.126 e. The lowest BCUT2D eigenvalue weighted by molar-refractivity contribution is 0.731. The van der Waals surface area contributed by atoms with Crippen molar-refractivity contribution in [1.82, 2.24) is 19.1 Å². The summed E-state index contributed by atoms with van der Waals surface area (Å²) < 4.78 is 4.83. The zero-order valence-corrected chi connectivity index (χ0v) is 41.8. The SMILES string of the molecule is Cc1ccc2c(c1)C(c1ccc3c(c1)c1ccccc1n3-c1ccccc1)(c1ccc3c(c1)c1ccccc1n3-c1ccccc1)c1cc(C)ccc1N2c1ccc(-c2nc(C)nc(-c3ccccc3)c2C)cc1. The normalized spacial score (nSPS) is 12.9. The first-order valence-electron chi connectivity index (χ1n) is 25.6. The quantitative estimate of drug-likeness (QED) is 0.160. The van der Waals surface area contributed by atoms with Gasteiger partial charge in [0, 0.05) is 55.3 Å². The van der Waals surface area contributed by atoms with Crippen LogP contribution in [0.2, 0.25) is 0 Å². The summed E-state index contributed by atoms with van der Waals surface area (Å²) in [4.78, 5) is 12.4. The molecule has 0 atom stereocenters. The molecule has 74 heavy (non-hydrogen) atoms. The van der Waals surface area contributed by atoms with E-state index in [4.69, 9.17) is 9.97 Å². The van der Waals surface area contributed by atoms with E-state index >= 15 is 0 Å². The fourth-order valence-corrected chi connectivity index (χ4v) is 12.3. The lowest BCUT2D eigenvalue weighted by atomic mass is 9.61. The summed E-state index contributed by atoms with van der Waals surface area (Å²) in [6.07, 6.45) is 0. The number of rotatable bonds is 7. The highest BCUT2D eigenvalue weighted by atomic mass is 15.2. The number of benzene rings is 10. The van der Waals surface area contributed by atoms with Crippen molar-refractivity contribution in [3.8, 4) is 33.9 Å². The molecule has 0 spiro atoms. The zero-order chi connectivity index (χ0) is 49.7. The summed E-state index contributed by atoms with van der Waals surface area (Å²) in [5, 5.41) is 4.88. The molecule has 14 rings (SSSR count). The van der Waals surface area contributed by atoms with Crippen molar-refractivity contribution < 1.29 is 0 Å². The predicted octanol–water partition coefficient (Wildman–Crippen LogP) is 17.4. The second-order valence-corrected chi connectivity index (χ2v) is 20.0. The van der Waals surface area contributed by atoms with Crippen LogP contribution in [0.1, 0.15) is 44.8 Å². The van der Waals surface area contributed by atoms with Crippen molar-refractivity contribution in [2.24, 2.45) is 0 Å². The fraction of sp³-hybridized carbons (Fsp3) is 0.0725. The van der Waals surface area contributed by atoms with Crippen molar-refractivity contribution in [2.75, 3.05) is 4.90 Å². The summed E-state index contributed by atoms with van der Waals surface area (Å²) in [5.74, 6) is 0.750. The van der Waals surface area contributed by atoms with Gasteiger partial charge >= 0.3 is 0 Å². The molecule has 5 heteroatoms. The molecule has 5 nitrogen and oxygen atoms in total. The summed E-state index contributed by atoms with van der Waals surface area (Å²) >= 11 is 0. The molecule has 0 radical (unpaired) electrons. The molecule has 352 valence electrons. The molecule has 1 aliphatic heterocycles. The van der Waals surface area contributed by atoms with Gasteiger partial charge in [0.15, 0.2) is 0 Å². The van der Waals surface area contributed by atoms with Gasteiger partial charge in [0.2, 0.25) is 0 Å². The van der Waals surface area contributed by atoms with Crippen LogP contribution in [0.3, 0.4) is 0 Å². The summed E-state index contributed by atoms with van der Waals surface area (Å²) in [5.41, 5.74) is 22.0. The average Bonchev–Trinajstić information content (AvgIpc) is 3.97. The summed E-state index contributed by atoms with van der Waals surface area (Å²) in [7, 11) is 0. The predicted molar refractivity (Wildman–Crippen MR) is 307 cm³/mol. The number of anilines is 3. The minimum Gasteiger partial charge on any atom is -0.310 e. The van der Waals surface area contributed by atoms with Gasteiger partial charge in [0.1, 0.15) is 5.82 Å². The van der Waals surface area contributed by atoms with Gasteiger partial charge in [-0.2, -0.15) is 0 Å². The molecule has 1 aliphatic rings. The van der Waals surface area contributed by atoms with Gasteiger partial charge in [0.05, 0.1) is 50.2 Å². The Morgan fingerprint density at radius 2 is 0.757 bits per heavy atom. The Kier molecular flexibility index (Phi) is 9.93. The topological polar surface area (TPSA) is 38.9 Å². The number of hydrogen-bond acceptors (Lipinski definition) is 3. The molecule has 4 heterocycles. The number of aromatic nitrogens is 4. The smallest absolute Gasteiger partial charge is 0.126 e. The second kappa shape index (κ2) is 16.9. The molecule has 3 aromatic heterocycles. The van der Waals surface area contributed by atoms with Crippen molar-refractivity contribution in [2.45, 2.75) is 33.1 Å². The molecular formula is C69H51N5. The second-order valence-electron chi connectivity index (χ2n) is 20.0. The largest absolute Gasteiger partial charge is 0.310 e. The van der Waals surface area contributed by atoms with Gasteiger partial charge in [-0.15, -0.1) is 0 Å². The van der Waals surface area contributed by atoms with Crippen LogP contribution >= 0.6 is 0 Å². The minimum absolute atomic E-state index is 0.750. The fourth-order valence-electron chi connectivity index (χ4n) is 12.3. The van der Waals surface area contributed by atoms with E-state index in [-0.39, 0.29) is 0 Å². The van der Waals surface area contributed by atoms with Crippen LogP contribution in [-0.2, 0) is 5.41 Å². The Morgan fingerprint density at radius 1 is 0.338 bits per heavy atom. The standard InChI is InChI=1S/C69H51N5/c1-44-28-36-65-59(40-44)69(50-32-38-63-57(42-50)55-24-14-16-26-61(55)72(63)52-20-10-6-11-21-52,51-33-39-64-58(43-51)56-25-15-17-27-62(56)73(64)53-22-12-7-13-23-53)60-41-45(2)29-37-66(60)74(65)54-34-30-49(31-35-54)68-46(3)67(70-47(4)71-68)48-18-8-5-9-19-48/h5-43H,1-4H3. The molecule has 0 aliphatic carbocycles. The van der Waals surface area contributed by atoms with Gasteiger partial charge < -0.3 is 14.0 Å². The van der Waals surface area contributed by atoms with Crippen LogP contribution in [0, 0.1) is 27.7 Å². The number of para-hydroxylation sites is 4. The Balaban J connectivity index is 1.04. The number of nitrogens with zero attached hydrogens (tertiary/aromatic N) is 5. The Morgan fingerprint density at radius 3 is 1.24 bits per heavy atom. The van der Waals surface area contributed by atoms with Gasteiger partial charge in [-0.25, -0.2) is 9.97 Å². The molecule has 0 saturated carbocycles. The molecule has 0 saturated heterocycles. The molecule has 0 fully saturated rings. The highest BCUT2D eigenvalue weighted by molar-refractivity contribution is 6.11. The third kappa shape index (κ3) is 6.56. The minimum atomic E-state index is -0.767. The van der Waals surface area contributed by atoms with E-state index in [2.05, 4.69) is 265 Å². The van der Waals surface area contributed by atoms with E-state index in [1.54, 1.807) is 0 Å². The number of aryl methyl sites for hydroxylation is 3. The van der Waals surface area contributed by atoms with Gasteiger partial charge in [-0.1, -0.05) is 163 Å². The molecule has 0 N–H and O–H groups in total. The lowest BCUT2D eigenvalue weighted by Crippen LogP contribution is -2.38. The van der Waals surface area contributed by atoms with E-state index in [1.807, 2.05) is 13.0 Å². The van der Waals surface area contributed by atoms with Crippen LogP contribution in [-0.4, -0.2) is 19.1 Å². The first-order valence-corrected chi connectivity index (χ1v) is 25.6. The highest BCUT2D eigenvalue weighted by Gasteiger charge is 2.47.